The third-order valence-electron chi connectivity index (χ3n) is 4.69. The number of ether oxygens (including phenoxy) is 2. The van der Waals surface area contributed by atoms with Gasteiger partial charge in [0, 0.05) is 23.2 Å². The van der Waals surface area contributed by atoms with Gasteiger partial charge in [-0.25, -0.2) is 4.39 Å². The van der Waals surface area contributed by atoms with Gasteiger partial charge in [0.25, 0.3) is 11.8 Å². The number of carbonyl (C=O) groups excluding carboxylic acids is 2. The van der Waals surface area contributed by atoms with Crippen LogP contribution in [0.4, 0.5) is 4.39 Å². The molecule has 10 heteroatoms. The van der Waals surface area contributed by atoms with E-state index in [4.69, 9.17) is 37.9 Å². The van der Waals surface area contributed by atoms with Crippen molar-refractivity contribution < 1.29 is 23.5 Å². The number of rotatable bonds is 9. The number of amides is 2. The van der Waals surface area contributed by atoms with Gasteiger partial charge >= 0.3 is 0 Å². The third-order valence-corrected chi connectivity index (χ3v) is 5.37. The maximum absolute atomic E-state index is 13.4. The summed E-state index contributed by atoms with van der Waals surface area (Å²) in [5.41, 5.74) is 0.626. The molecule has 2 aromatic rings. The van der Waals surface area contributed by atoms with Crippen LogP contribution in [0.25, 0.3) is 0 Å². The van der Waals surface area contributed by atoms with Gasteiger partial charge in [0.05, 0.1) is 23.1 Å². The molecular formula is C23H20Cl2FN3O4. The lowest BCUT2D eigenvalue weighted by Crippen LogP contribution is -2.53. The standard InChI is InChI=1S/C23H20Cl2FN3O4/c1-23(29-22(31)13-33-17-3-5-19(25)20(26)9-17)10-15(11-23)28-21(30)12-32-16-2-4-18(24)14(8-16)6-7-27/h2-5,8-10H,6,11-13H2,1H3,(H,28,30)(H,29,31). The van der Waals surface area contributed by atoms with Gasteiger partial charge in [-0.1, -0.05) is 23.2 Å². The van der Waals surface area contributed by atoms with E-state index in [0.717, 1.165) is 6.07 Å². The molecule has 3 rings (SSSR count). The fourth-order valence-electron chi connectivity index (χ4n) is 3.21. The van der Waals surface area contributed by atoms with Crippen LogP contribution in [0.3, 0.4) is 0 Å². The molecule has 0 spiro atoms. The van der Waals surface area contributed by atoms with Crippen LogP contribution >= 0.6 is 23.2 Å². The van der Waals surface area contributed by atoms with E-state index in [1.54, 1.807) is 31.2 Å². The first-order valence-electron chi connectivity index (χ1n) is 9.86. The molecule has 0 bridgehead atoms. The molecular weight excluding hydrogens is 472 g/mol. The van der Waals surface area contributed by atoms with Crippen LogP contribution in [0.15, 0.2) is 48.2 Å². The van der Waals surface area contributed by atoms with E-state index >= 15 is 0 Å². The predicted octanol–water partition coefficient (Wildman–Crippen LogP) is 3.94. The predicted molar refractivity (Wildman–Crippen MR) is 121 cm³/mol. The molecule has 1 atom stereocenters. The monoisotopic (exact) mass is 491 g/mol. The number of nitriles is 1. The summed E-state index contributed by atoms with van der Waals surface area (Å²) in [6.07, 6.45) is 2.27. The second-order valence-corrected chi connectivity index (χ2v) is 8.42. The van der Waals surface area contributed by atoms with Gasteiger partial charge in [0.1, 0.15) is 17.3 Å². The minimum absolute atomic E-state index is 0.0317. The van der Waals surface area contributed by atoms with Crippen molar-refractivity contribution >= 4 is 35.0 Å². The van der Waals surface area contributed by atoms with Crippen molar-refractivity contribution in [3.8, 4) is 17.6 Å². The Hall–Kier alpha value is -3.28. The molecule has 2 aromatic carbocycles. The molecule has 0 saturated carbocycles. The molecule has 0 aliphatic heterocycles. The molecule has 0 saturated heterocycles. The Morgan fingerprint density at radius 3 is 2.33 bits per heavy atom. The molecule has 33 heavy (non-hydrogen) atoms. The van der Waals surface area contributed by atoms with Crippen LogP contribution in [0.2, 0.25) is 10.0 Å². The Bertz CT molecular complexity index is 1150. The quantitative estimate of drug-likeness (QED) is 0.553. The summed E-state index contributed by atoms with van der Waals surface area (Å²) in [6.45, 7) is 1.28. The maximum Gasteiger partial charge on any atom is 0.262 e. The van der Waals surface area contributed by atoms with E-state index in [0.29, 0.717) is 28.5 Å². The van der Waals surface area contributed by atoms with Crippen molar-refractivity contribution in [2.45, 2.75) is 25.3 Å². The van der Waals surface area contributed by atoms with Crippen molar-refractivity contribution in [1.29, 1.82) is 5.26 Å². The number of halogens is 3. The molecule has 0 radical (unpaired) electrons. The van der Waals surface area contributed by atoms with E-state index < -0.39 is 17.3 Å². The minimum atomic E-state index is -0.641. The second kappa shape index (κ2) is 10.6. The van der Waals surface area contributed by atoms with Crippen LogP contribution in [0.1, 0.15) is 18.9 Å². The van der Waals surface area contributed by atoms with Crippen molar-refractivity contribution in [3.63, 3.8) is 0 Å². The molecule has 1 aliphatic rings. The van der Waals surface area contributed by atoms with E-state index in [2.05, 4.69) is 10.6 Å². The normalized spacial score (nSPS) is 16.6. The van der Waals surface area contributed by atoms with Crippen LogP contribution < -0.4 is 20.1 Å². The molecule has 0 heterocycles. The highest BCUT2D eigenvalue weighted by Gasteiger charge is 2.34. The van der Waals surface area contributed by atoms with Gasteiger partial charge in [-0.2, -0.15) is 5.26 Å². The Kier molecular flexibility index (Phi) is 7.79. The van der Waals surface area contributed by atoms with Gasteiger partial charge in [-0.05, 0) is 48.9 Å². The largest absolute Gasteiger partial charge is 0.484 e. The minimum Gasteiger partial charge on any atom is -0.484 e. The second-order valence-electron chi connectivity index (χ2n) is 7.60. The molecule has 1 unspecified atom stereocenters. The van der Waals surface area contributed by atoms with Crippen LogP contribution in [-0.2, 0) is 16.0 Å². The zero-order valence-corrected chi connectivity index (χ0v) is 19.1. The van der Waals surface area contributed by atoms with E-state index in [-0.39, 0.29) is 36.3 Å². The zero-order valence-electron chi connectivity index (χ0n) is 17.6. The van der Waals surface area contributed by atoms with Crippen molar-refractivity contribution in [2.75, 3.05) is 13.2 Å². The SMILES string of the molecule is CC1(NC(=O)COc2ccc(Cl)c(F)c2)C=C(NC(=O)COc2ccc(Cl)c(CC#N)c2)C1. The van der Waals surface area contributed by atoms with Crippen molar-refractivity contribution in [1.82, 2.24) is 10.6 Å². The first-order valence-corrected chi connectivity index (χ1v) is 10.6. The lowest BCUT2D eigenvalue weighted by Gasteiger charge is -2.37. The topological polar surface area (TPSA) is 100 Å². The van der Waals surface area contributed by atoms with Gasteiger partial charge in [0.2, 0.25) is 0 Å². The van der Waals surface area contributed by atoms with E-state index in [1.807, 2.05) is 6.07 Å². The zero-order chi connectivity index (χ0) is 24.0. The Morgan fingerprint density at radius 2 is 1.70 bits per heavy atom. The molecule has 2 N–H and O–H groups in total. The summed E-state index contributed by atoms with van der Waals surface area (Å²) in [5.74, 6) is -0.769. The number of hydrogen-bond donors (Lipinski definition) is 2. The van der Waals surface area contributed by atoms with Gasteiger partial charge < -0.3 is 20.1 Å². The summed E-state index contributed by atoms with van der Waals surface area (Å²) in [7, 11) is 0. The average molecular weight is 492 g/mol. The van der Waals surface area contributed by atoms with Gasteiger partial charge in [-0.3, -0.25) is 9.59 Å². The van der Waals surface area contributed by atoms with Crippen molar-refractivity contribution in [3.05, 3.63) is 69.6 Å². The van der Waals surface area contributed by atoms with Crippen LogP contribution in [0.5, 0.6) is 11.5 Å². The highest BCUT2D eigenvalue weighted by atomic mass is 35.5. The fraction of sp³-hybridized carbons (Fsp3) is 0.261. The molecule has 2 amide bonds. The number of hydrogen-bond acceptors (Lipinski definition) is 5. The highest BCUT2D eigenvalue weighted by Crippen LogP contribution is 2.28. The number of benzene rings is 2. The summed E-state index contributed by atoms with van der Waals surface area (Å²) < 4.78 is 24.1. The maximum atomic E-state index is 13.4. The first-order chi connectivity index (χ1) is 15.7. The Morgan fingerprint density at radius 1 is 1.09 bits per heavy atom. The van der Waals surface area contributed by atoms with Gasteiger partial charge in [-0.15, -0.1) is 0 Å². The Labute approximate surface area is 200 Å². The Balaban J connectivity index is 1.43. The lowest BCUT2D eigenvalue weighted by molar-refractivity contribution is -0.124. The lowest BCUT2D eigenvalue weighted by atomic mass is 9.84. The first kappa shape index (κ1) is 24.4. The molecule has 7 nitrogen and oxygen atoms in total. The number of nitrogens with zero attached hydrogens (tertiary/aromatic N) is 1. The smallest absolute Gasteiger partial charge is 0.262 e. The van der Waals surface area contributed by atoms with Crippen LogP contribution in [0, 0.1) is 17.1 Å². The van der Waals surface area contributed by atoms with Crippen LogP contribution in [-0.4, -0.2) is 30.6 Å². The molecule has 1 aliphatic carbocycles. The molecule has 0 aromatic heterocycles. The fourth-order valence-corrected chi connectivity index (χ4v) is 3.51. The molecule has 0 fully saturated rings. The van der Waals surface area contributed by atoms with Gasteiger partial charge in [0.15, 0.2) is 13.2 Å². The van der Waals surface area contributed by atoms with E-state index in [1.165, 1.54) is 12.1 Å². The highest BCUT2D eigenvalue weighted by molar-refractivity contribution is 6.31. The summed E-state index contributed by atoms with van der Waals surface area (Å²) in [6, 6.07) is 10.8. The molecule has 172 valence electrons. The number of nitrogens with one attached hydrogen (secondary N) is 2. The average Bonchev–Trinajstić information content (AvgIpc) is 2.74. The summed E-state index contributed by atoms with van der Waals surface area (Å²) >= 11 is 11.6. The third kappa shape index (κ3) is 6.85. The summed E-state index contributed by atoms with van der Waals surface area (Å²) in [5, 5.41) is 14.7. The van der Waals surface area contributed by atoms with E-state index in [9.17, 15) is 14.0 Å². The number of carbonyl (C=O) groups is 2. The van der Waals surface area contributed by atoms with Crippen molar-refractivity contribution in [2.24, 2.45) is 0 Å². The summed E-state index contributed by atoms with van der Waals surface area (Å²) in [4.78, 5) is 24.3.